The number of fused-ring (bicyclic) bond motifs is 1. The lowest BCUT2D eigenvalue weighted by Gasteiger charge is -2.58. The topological polar surface area (TPSA) is 24.5 Å². The van der Waals surface area contributed by atoms with E-state index in [4.69, 9.17) is 4.74 Å². The van der Waals surface area contributed by atoms with Crippen LogP contribution < -0.4 is 10.1 Å². The lowest BCUT2D eigenvalue weighted by Crippen LogP contribution is -2.63. The molecule has 1 aromatic carbocycles. The van der Waals surface area contributed by atoms with Gasteiger partial charge in [-0.2, -0.15) is 0 Å². The summed E-state index contributed by atoms with van der Waals surface area (Å²) >= 11 is 0. The lowest BCUT2D eigenvalue weighted by atomic mass is 9.52. The van der Waals surface area contributed by atoms with Gasteiger partial charge < -0.3 is 10.1 Å². The van der Waals surface area contributed by atoms with Gasteiger partial charge in [-0.05, 0) is 68.7 Å². The Labute approximate surface area is 139 Å². The van der Waals surface area contributed by atoms with Gasteiger partial charge in [0.05, 0.1) is 12.8 Å². The van der Waals surface area contributed by atoms with Crippen LogP contribution in [0.15, 0.2) is 18.2 Å². The van der Waals surface area contributed by atoms with Crippen LogP contribution in [0.2, 0.25) is 0 Å². The minimum atomic E-state index is 0.318. The van der Waals surface area contributed by atoms with Gasteiger partial charge in [-0.1, -0.05) is 19.1 Å². The zero-order valence-corrected chi connectivity index (χ0v) is 14.4. The molecule has 0 amide bonds. The second-order valence-corrected chi connectivity index (χ2v) is 8.17. The van der Waals surface area contributed by atoms with Gasteiger partial charge in [-0.3, -0.25) is 4.90 Å². The van der Waals surface area contributed by atoms with E-state index in [1.54, 1.807) is 12.7 Å². The predicted octanol–water partition coefficient (Wildman–Crippen LogP) is 3.79. The summed E-state index contributed by atoms with van der Waals surface area (Å²) in [4.78, 5) is 2.84. The maximum atomic E-state index is 5.68. The molecule has 1 spiro atoms. The van der Waals surface area contributed by atoms with E-state index in [2.05, 4.69) is 35.3 Å². The highest BCUT2D eigenvalue weighted by Crippen LogP contribution is 2.64. The molecule has 3 nitrogen and oxygen atoms in total. The first-order valence-electron chi connectivity index (χ1n) is 9.43. The molecule has 1 aliphatic carbocycles. The van der Waals surface area contributed by atoms with E-state index in [0.717, 1.165) is 11.8 Å². The molecule has 0 aromatic heterocycles. The van der Waals surface area contributed by atoms with E-state index < -0.39 is 0 Å². The highest BCUT2D eigenvalue weighted by Gasteiger charge is 2.66. The molecule has 4 atom stereocenters. The molecule has 1 saturated carbocycles. The zero-order valence-electron chi connectivity index (χ0n) is 14.4. The monoisotopic (exact) mass is 312 g/mol. The first-order valence-corrected chi connectivity index (χ1v) is 9.43. The van der Waals surface area contributed by atoms with Crippen LogP contribution in [0.25, 0.3) is 0 Å². The number of hydrogen-bond donors (Lipinski definition) is 1. The molecule has 2 saturated heterocycles. The molecule has 1 N–H and O–H groups in total. The van der Waals surface area contributed by atoms with Crippen molar-refractivity contribution in [3.8, 4) is 5.75 Å². The summed E-state index contributed by atoms with van der Waals surface area (Å²) < 4.78 is 5.68. The summed E-state index contributed by atoms with van der Waals surface area (Å²) in [6.07, 6.45) is 8.18. The summed E-state index contributed by atoms with van der Waals surface area (Å²) in [5.74, 6) is 1.03. The number of para-hydroxylation sites is 1. The van der Waals surface area contributed by atoms with Gasteiger partial charge in [0.1, 0.15) is 5.75 Å². The Morgan fingerprint density at radius 3 is 3.00 bits per heavy atom. The SMILES string of the molecule is CC[C@@]12CCCN3CC[C@]4(c5cccc(OC)c5N[C@@H]4CC1)[C@H]32. The molecule has 4 aliphatic rings. The largest absolute Gasteiger partial charge is 0.495 e. The van der Waals surface area contributed by atoms with Crippen molar-refractivity contribution in [3.63, 3.8) is 0 Å². The minimum absolute atomic E-state index is 0.318. The van der Waals surface area contributed by atoms with Gasteiger partial charge in [0, 0.05) is 17.5 Å². The summed E-state index contributed by atoms with van der Waals surface area (Å²) in [6, 6.07) is 8.02. The molecular weight excluding hydrogens is 284 g/mol. The molecule has 0 unspecified atom stereocenters. The lowest BCUT2D eigenvalue weighted by molar-refractivity contribution is -0.0309. The third kappa shape index (κ3) is 1.55. The van der Waals surface area contributed by atoms with E-state index in [-0.39, 0.29) is 0 Å². The van der Waals surface area contributed by atoms with E-state index in [1.807, 2.05) is 0 Å². The summed E-state index contributed by atoms with van der Waals surface area (Å²) in [7, 11) is 1.80. The smallest absolute Gasteiger partial charge is 0.142 e. The van der Waals surface area contributed by atoms with Crippen molar-refractivity contribution in [1.29, 1.82) is 0 Å². The van der Waals surface area contributed by atoms with E-state index in [9.17, 15) is 0 Å². The molecule has 3 fully saturated rings. The fourth-order valence-electron chi connectivity index (χ4n) is 6.81. The molecule has 124 valence electrons. The van der Waals surface area contributed by atoms with Crippen molar-refractivity contribution < 1.29 is 4.74 Å². The van der Waals surface area contributed by atoms with Crippen LogP contribution in [-0.2, 0) is 5.41 Å². The number of ether oxygens (including phenoxy) is 1. The van der Waals surface area contributed by atoms with Crippen molar-refractivity contribution in [2.45, 2.75) is 62.9 Å². The molecule has 23 heavy (non-hydrogen) atoms. The first-order chi connectivity index (χ1) is 11.2. The molecule has 3 heteroatoms. The molecule has 0 radical (unpaired) electrons. The Bertz CT molecular complexity index is 645. The Morgan fingerprint density at radius 2 is 2.17 bits per heavy atom. The second-order valence-electron chi connectivity index (χ2n) is 8.17. The molecule has 3 aliphatic heterocycles. The molecule has 3 heterocycles. The van der Waals surface area contributed by atoms with Crippen molar-refractivity contribution in [2.75, 3.05) is 25.5 Å². The van der Waals surface area contributed by atoms with E-state index >= 15 is 0 Å². The quantitative estimate of drug-likeness (QED) is 0.899. The molecule has 1 aromatic rings. The van der Waals surface area contributed by atoms with Gasteiger partial charge in [-0.25, -0.2) is 0 Å². The molecule has 0 bridgehead atoms. The Hall–Kier alpha value is -1.22. The summed E-state index contributed by atoms with van der Waals surface area (Å²) in [5, 5.41) is 3.90. The third-order valence-electron chi connectivity index (χ3n) is 7.69. The van der Waals surface area contributed by atoms with Crippen LogP contribution in [-0.4, -0.2) is 37.2 Å². The van der Waals surface area contributed by atoms with Crippen molar-refractivity contribution in [3.05, 3.63) is 23.8 Å². The summed E-state index contributed by atoms with van der Waals surface area (Å²) in [5.41, 5.74) is 3.70. The Morgan fingerprint density at radius 1 is 1.26 bits per heavy atom. The highest BCUT2D eigenvalue weighted by molar-refractivity contribution is 5.71. The van der Waals surface area contributed by atoms with Crippen molar-refractivity contribution in [1.82, 2.24) is 4.90 Å². The fourth-order valence-corrected chi connectivity index (χ4v) is 6.81. The number of benzene rings is 1. The summed E-state index contributed by atoms with van der Waals surface area (Å²) in [6.45, 7) is 5.02. The number of piperidine rings is 1. The van der Waals surface area contributed by atoms with Crippen LogP contribution >= 0.6 is 0 Å². The van der Waals surface area contributed by atoms with E-state index in [1.165, 1.54) is 57.3 Å². The number of nitrogens with one attached hydrogen (secondary N) is 1. The zero-order chi connectivity index (χ0) is 15.7. The fraction of sp³-hybridized carbons (Fsp3) is 0.700. The molecular formula is C20H28N2O. The van der Waals surface area contributed by atoms with Crippen LogP contribution in [0, 0.1) is 5.41 Å². The van der Waals surface area contributed by atoms with Crippen LogP contribution in [0.1, 0.15) is 51.0 Å². The average Bonchev–Trinajstić information content (AvgIpc) is 3.15. The third-order valence-corrected chi connectivity index (χ3v) is 7.69. The van der Waals surface area contributed by atoms with Crippen molar-refractivity contribution >= 4 is 5.69 Å². The number of anilines is 1. The van der Waals surface area contributed by atoms with Crippen molar-refractivity contribution in [2.24, 2.45) is 5.41 Å². The first kappa shape index (κ1) is 14.2. The highest BCUT2D eigenvalue weighted by atomic mass is 16.5. The number of hydrogen-bond acceptors (Lipinski definition) is 3. The maximum absolute atomic E-state index is 5.68. The maximum Gasteiger partial charge on any atom is 0.142 e. The average molecular weight is 312 g/mol. The normalized spacial score (nSPS) is 41.0. The van der Waals surface area contributed by atoms with Gasteiger partial charge in [0.2, 0.25) is 0 Å². The standard InChI is InChI=1S/C20H28N2O/c1-3-19-9-5-12-22-13-11-20(18(19)22)14-6-4-7-15(23-2)17(14)21-16(20)8-10-19/h4,6-7,16,18,21H,3,5,8-13H2,1-2H3/t16-,18-,19-,20-/m1/s1. The van der Waals surface area contributed by atoms with Crippen LogP contribution in [0.4, 0.5) is 5.69 Å². The van der Waals surface area contributed by atoms with Crippen LogP contribution in [0.3, 0.4) is 0 Å². The Kier molecular flexibility index (Phi) is 2.87. The van der Waals surface area contributed by atoms with E-state index in [0.29, 0.717) is 16.9 Å². The number of nitrogens with zero attached hydrogens (tertiary/aromatic N) is 1. The van der Waals surface area contributed by atoms with Crippen LogP contribution in [0.5, 0.6) is 5.75 Å². The molecule has 5 rings (SSSR count). The van der Waals surface area contributed by atoms with Gasteiger partial charge in [0.25, 0.3) is 0 Å². The Balaban J connectivity index is 1.71. The van der Waals surface area contributed by atoms with Gasteiger partial charge >= 0.3 is 0 Å². The number of methoxy groups -OCH3 is 1. The predicted molar refractivity (Wildman–Crippen MR) is 93.3 cm³/mol. The van der Waals surface area contributed by atoms with Gasteiger partial charge in [-0.15, -0.1) is 0 Å². The minimum Gasteiger partial charge on any atom is -0.495 e. The van der Waals surface area contributed by atoms with Gasteiger partial charge in [0.15, 0.2) is 0 Å². The second kappa shape index (κ2) is 4.66. The number of rotatable bonds is 2.